The number of hydrogen-bond acceptors (Lipinski definition) is 4. The van der Waals surface area contributed by atoms with Crippen molar-refractivity contribution in [1.29, 1.82) is 5.41 Å². The molecule has 28 heavy (non-hydrogen) atoms. The smallest absolute Gasteiger partial charge is 0.283 e. The number of amidine groups is 2. The van der Waals surface area contributed by atoms with Gasteiger partial charge in [-0.3, -0.25) is 15.1 Å². The first kappa shape index (κ1) is 18.6. The number of nitrogens with zero attached hydrogens (tertiary/aromatic N) is 2. The summed E-state index contributed by atoms with van der Waals surface area (Å²) in [4.78, 5) is 17.8. The predicted octanol–water partition coefficient (Wildman–Crippen LogP) is 4.94. The van der Waals surface area contributed by atoms with E-state index < -0.39 is 5.91 Å². The Morgan fingerprint density at radius 3 is 2.79 bits per heavy atom. The van der Waals surface area contributed by atoms with Crippen LogP contribution in [0.3, 0.4) is 0 Å². The number of aliphatic imine (C=N–C) groups is 1. The van der Waals surface area contributed by atoms with Crippen LogP contribution < -0.4 is 4.74 Å². The first-order chi connectivity index (χ1) is 13.5. The van der Waals surface area contributed by atoms with Gasteiger partial charge >= 0.3 is 0 Å². The van der Waals surface area contributed by atoms with Gasteiger partial charge in [-0.05, 0) is 62.8 Å². The summed E-state index contributed by atoms with van der Waals surface area (Å²) in [5, 5.41) is 10.5. The quantitative estimate of drug-likeness (QED) is 0.659. The molecule has 0 atom stereocenters. The van der Waals surface area contributed by atoms with Crippen LogP contribution in [0.15, 0.2) is 69.1 Å². The Kier molecular flexibility index (Phi) is 5.15. The highest BCUT2D eigenvalue weighted by atomic mass is 79.9. The van der Waals surface area contributed by atoms with Crippen molar-refractivity contribution in [2.24, 2.45) is 4.99 Å². The average Bonchev–Trinajstić information content (AvgIpc) is 3.14. The minimum Gasteiger partial charge on any atom is -0.488 e. The highest BCUT2D eigenvalue weighted by Gasteiger charge is 2.30. The lowest BCUT2D eigenvalue weighted by molar-refractivity contribution is -0.114. The molecule has 4 rings (SSSR count). The van der Waals surface area contributed by atoms with E-state index in [2.05, 4.69) is 20.9 Å². The lowest BCUT2D eigenvalue weighted by Crippen LogP contribution is -2.35. The number of benzene rings is 2. The van der Waals surface area contributed by atoms with Gasteiger partial charge in [0.1, 0.15) is 24.0 Å². The second-order valence-electron chi connectivity index (χ2n) is 5.98. The summed E-state index contributed by atoms with van der Waals surface area (Å²) in [5.74, 6) is 0.00421. The Morgan fingerprint density at radius 1 is 1.25 bits per heavy atom. The highest BCUT2D eigenvalue weighted by Crippen LogP contribution is 2.30. The Bertz CT molecular complexity index is 1060. The van der Waals surface area contributed by atoms with E-state index in [9.17, 15) is 9.18 Å². The summed E-state index contributed by atoms with van der Waals surface area (Å²) in [7, 11) is 0. The van der Waals surface area contributed by atoms with E-state index in [1.54, 1.807) is 52.9 Å². The first-order valence-corrected chi connectivity index (χ1v) is 9.91. The number of hydrogen-bond donors (Lipinski definition) is 1. The van der Waals surface area contributed by atoms with E-state index in [0.717, 1.165) is 11.1 Å². The van der Waals surface area contributed by atoms with Crippen LogP contribution >= 0.6 is 27.7 Å². The van der Waals surface area contributed by atoms with Crippen molar-refractivity contribution in [3.8, 4) is 5.75 Å². The van der Waals surface area contributed by atoms with Crippen LogP contribution in [0.1, 0.15) is 11.1 Å². The Labute approximate surface area is 173 Å². The van der Waals surface area contributed by atoms with E-state index in [-0.39, 0.29) is 17.2 Å². The molecule has 0 radical (unpaired) electrons. The van der Waals surface area contributed by atoms with Crippen molar-refractivity contribution in [3.05, 3.63) is 81.1 Å². The molecule has 2 heterocycles. The third-order valence-corrected chi connectivity index (χ3v) is 5.46. The Morgan fingerprint density at radius 2 is 2.04 bits per heavy atom. The summed E-state index contributed by atoms with van der Waals surface area (Å²) < 4.78 is 19.4. The van der Waals surface area contributed by atoms with Gasteiger partial charge in [0.05, 0.1) is 10.0 Å². The van der Waals surface area contributed by atoms with Crippen molar-refractivity contribution < 1.29 is 13.9 Å². The molecule has 2 aliphatic rings. The van der Waals surface area contributed by atoms with E-state index >= 15 is 0 Å². The fourth-order valence-corrected chi connectivity index (χ4v) is 3.88. The molecular formula is C20H13BrFN3O2S. The zero-order chi connectivity index (χ0) is 19.7. The fourth-order valence-electron chi connectivity index (χ4n) is 2.66. The van der Waals surface area contributed by atoms with E-state index in [0.29, 0.717) is 22.0 Å². The molecule has 1 amide bonds. The number of rotatable bonds is 4. The number of fused-ring (bicyclic) bond motifs is 1. The van der Waals surface area contributed by atoms with E-state index in [1.807, 2.05) is 0 Å². The number of ether oxygens (including phenoxy) is 1. The van der Waals surface area contributed by atoms with Crippen LogP contribution in [0, 0.1) is 11.2 Å². The molecule has 0 unspecified atom stereocenters. The summed E-state index contributed by atoms with van der Waals surface area (Å²) in [6.07, 6.45) is 3.35. The van der Waals surface area contributed by atoms with Gasteiger partial charge < -0.3 is 4.74 Å². The van der Waals surface area contributed by atoms with Crippen molar-refractivity contribution in [3.63, 3.8) is 0 Å². The maximum Gasteiger partial charge on any atom is 0.283 e. The van der Waals surface area contributed by atoms with Crippen molar-refractivity contribution in [2.75, 3.05) is 0 Å². The number of carbonyl (C=O) groups is 1. The monoisotopic (exact) mass is 457 g/mol. The Balaban J connectivity index is 1.52. The van der Waals surface area contributed by atoms with Gasteiger partial charge in [-0.15, -0.1) is 0 Å². The minimum atomic E-state index is -0.430. The van der Waals surface area contributed by atoms with Gasteiger partial charge in [-0.1, -0.05) is 30.0 Å². The van der Waals surface area contributed by atoms with Crippen molar-refractivity contribution in [2.45, 2.75) is 6.61 Å². The SMILES string of the molecule is N=C1C(=Cc2ccc(OCc3ccc(F)cc3)c(Br)c2)C(=O)N=C2SC=CN12. The topological polar surface area (TPSA) is 65.8 Å². The number of nitrogens with one attached hydrogen (secondary N) is 1. The van der Waals surface area contributed by atoms with E-state index in [1.165, 1.54) is 23.9 Å². The third-order valence-electron chi connectivity index (χ3n) is 4.09. The second kappa shape index (κ2) is 7.73. The van der Waals surface area contributed by atoms with Crippen LogP contribution in [-0.4, -0.2) is 21.8 Å². The predicted molar refractivity (Wildman–Crippen MR) is 112 cm³/mol. The van der Waals surface area contributed by atoms with Crippen molar-refractivity contribution in [1.82, 2.24) is 4.90 Å². The lowest BCUT2D eigenvalue weighted by atomic mass is 10.1. The highest BCUT2D eigenvalue weighted by molar-refractivity contribution is 9.10. The van der Waals surface area contributed by atoms with Crippen LogP contribution in [0.2, 0.25) is 0 Å². The first-order valence-electron chi connectivity index (χ1n) is 8.24. The summed E-state index contributed by atoms with van der Waals surface area (Å²) in [6.45, 7) is 0.304. The number of halogens is 2. The molecule has 0 bridgehead atoms. The van der Waals surface area contributed by atoms with Gasteiger partial charge in [0.25, 0.3) is 5.91 Å². The van der Waals surface area contributed by atoms with Gasteiger partial charge in [0.2, 0.25) is 0 Å². The molecule has 0 aromatic heterocycles. The number of thioether (sulfide) groups is 1. The van der Waals surface area contributed by atoms with Crippen LogP contribution in [-0.2, 0) is 11.4 Å². The summed E-state index contributed by atoms with van der Waals surface area (Å²) in [6, 6.07) is 11.5. The normalized spacial score (nSPS) is 17.1. The molecule has 140 valence electrons. The molecule has 2 aliphatic heterocycles. The molecule has 2 aromatic rings. The Hall–Kier alpha value is -2.71. The van der Waals surface area contributed by atoms with Crippen LogP contribution in [0.25, 0.3) is 6.08 Å². The van der Waals surface area contributed by atoms with Crippen LogP contribution in [0.4, 0.5) is 4.39 Å². The number of carbonyl (C=O) groups excluding carboxylic acids is 1. The molecule has 0 fully saturated rings. The molecule has 8 heteroatoms. The fraction of sp³-hybridized carbons (Fsp3) is 0.0500. The molecule has 0 saturated carbocycles. The molecular weight excluding hydrogens is 445 g/mol. The molecule has 0 saturated heterocycles. The summed E-state index contributed by atoms with van der Waals surface area (Å²) in [5.41, 5.74) is 1.82. The average molecular weight is 458 g/mol. The van der Waals surface area contributed by atoms with Crippen LogP contribution in [0.5, 0.6) is 5.75 Å². The molecule has 0 aliphatic carbocycles. The zero-order valence-electron chi connectivity index (χ0n) is 14.4. The lowest BCUT2D eigenvalue weighted by Gasteiger charge is -2.22. The summed E-state index contributed by atoms with van der Waals surface area (Å²) >= 11 is 4.78. The largest absolute Gasteiger partial charge is 0.488 e. The maximum absolute atomic E-state index is 13.0. The van der Waals surface area contributed by atoms with Gasteiger partial charge in [0.15, 0.2) is 5.17 Å². The van der Waals surface area contributed by atoms with E-state index in [4.69, 9.17) is 10.1 Å². The van der Waals surface area contributed by atoms with Gasteiger partial charge in [-0.25, -0.2) is 4.39 Å². The minimum absolute atomic E-state index is 0.101. The maximum atomic E-state index is 13.0. The van der Waals surface area contributed by atoms with Gasteiger partial charge in [-0.2, -0.15) is 4.99 Å². The molecule has 1 N–H and O–H groups in total. The molecule has 5 nitrogen and oxygen atoms in total. The standard InChI is InChI=1S/C20H13BrFN3O2S/c21-16-10-13(3-6-17(16)27-11-12-1-4-14(22)5-2-12)9-15-18(23)25-7-8-28-20(25)24-19(15)26/h1-10,23H,11H2. The second-order valence-corrected chi connectivity index (χ2v) is 7.71. The van der Waals surface area contributed by atoms with Crippen molar-refractivity contribution >= 4 is 50.7 Å². The molecule has 0 spiro atoms. The third kappa shape index (κ3) is 3.79. The van der Waals surface area contributed by atoms with Gasteiger partial charge in [0, 0.05) is 6.20 Å². The zero-order valence-corrected chi connectivity index (χ0v) is 16.8. The number of amides is 1. The molecule has 2 aromatic carbocycles.